The van der Waals surface area contributed by atoms with Gasteiger partial charge in [0.25, 0.3) is 11.6 Å². The van der Waals surface area contributed by atoms with Gasteiger partial charge < -0.3 is 5.32 Å². The fourth-order valence-electron chi connectivity index (χ4n) is 1.58. The zero-order chi connectivity index (χ0) is 15.6. The molecule has 1 amide bonds. The molecular formula is C13H7Br2FN2O3. The summed E-state index contributed by atoms with van der Waals surface area (Å²) in [4.78, 5) is 22.1. The van der Waals surface area contributed by atoms with E-state index in [0.29, 0.717) is 14.6 Å². The van der Waals surface area contributed by atoms with Gasteiger partial charge in [-0.25, -0.2) is 4.39 Å². The number of benzene rings is 2. The average molecular weight is 418 g/mol. The van der Waals surface area contributed by atoms with Gasteiger partial charge in [0.1, 0.15) is 5.82 Å². The zero-order valence-corrected chi connectivity index (χ0v) is 13.4. The first-order valence-electron chi connectivity index (χ1n) is 5.59. The Morgan fingerprint density at radius 2 is 1.90 bits per heavy atom. The third kappa shape index (κ3) is 3.64. The lowest BCUT2D eigenvalue weighted by Gasteiger charge is -2.08. The summed E-state index contributed by atoms with van der Waals surface area (Å²) in [6, 6.07) is 7.94. The molecule has 0 saturated heterocycles. The van der Waals surface area contributed by atoms with Crippen LogP contribution in [0.5, 0.6) is 0 Å². The molecule has 0 heterocycles. The molecule has 0 aliphatic rings. The predicted octanol–water partition coefficient (Wildman–Crippen LogP) is 4.51. The van der Waals surface area contributed by atoms with Crippen LogP contribution >= 0.6 is 31.9 Å². The minimum absolute atomic E-state index is 0.116. The summed E-state index contributed by atoms with van der Waals surface area (Å²) >= 11 is 6.23. The molecule has 108 valence electrons. The van der Waals surface area contributed by atoms with Crippen LogP contribution in [-0.2, 0) is 0 Å². The number of anilines is 1. The van der Waals surface area contributed by atoms with Crippen LogP contribution in [0.4, 0.5) is 15.8 Å². The van der Waals surface area contributed by atoms with Crippen LogP contribution in [0.15, 0.2) is 45.3 Å². The van der Waals surface area contributed by atoms with Gasteiger partial charge >= 0.3 is 0 Å². The maximum absolute atomic E-state index is 13.7. The number of hydrogen-bond donors (Lipinski definition) is 1. The summed E-state index contributed by atoms with van der Waals surface area (Å²) in [6.45, 7) is 0. The van der Waals surface area contributed by atoms with E-state index in [1.54, 1.807) is 6.07 Å². The van der Waals surface area contributed by atoms with Crippen molar-refractivity contribution < 1.29 is 14.1 Å². The van der Waals surface area contributed by atoms with Crippen LogP contribution in [0, 0.1) is 15.9 Å². The Labute approximate surface area is 135 Å². The van der Waals surface area contributed by atoms with Crippen molar-refractivity contribution in [2.24, 2.45) is 0 Å². The second kappa shape index (κ2) is 6.31. The highest BCUT2D eigenvalue weighted by Crippen LogP contribution is 2.27. The number of nitrogens with one attached hydrogen (secondary N) is 1. The lowest BCUT2D eigenvalue weighted by atomic mass is 10.2. The molecule has 0 aliphatic carbocycles. The van der Waals surface area contributed by atoms with E-state index in [9.17, 15) is 19.3 Å². The molecule has 21 heavy (non-hydrogen) atoms. The van der Waals surface area contributed by atoms with E-state index in [0.717, 1.165) is 0 Å². The SMILES string of the molecule is O=C(Nc1ccc([N+](=O)[O-])cc1Br)c1ccc(Br)cc1F. The van der Waals surface area contributed by atoms with Crippen LogP contribution in [0.25, 0.3) is 0 Å². The predicted molar refractivity (Wildman–Crippen MR) is 82.8 cm³/mol. The standard InChI is InChI=1S/C13H7Br2FN2O3/c14-7-1-3-9(11(16)5-7)13(19)17-12-4-2-8(18(20)21)6-10(12)15/h1-6H,(H,17,19). The molecule has 0 fully saturated rings. The number of carbonyl (C=O) groups excluding carboxylic acids is 1. The van der Waals surface area contributed by atoms with E-state index in [1.165, 1.54) is 30.3 Å². The lowest BCUT2D eigenvalue weighted by molar-refractivity contribution is -0.384. The van der Waals surface area contributed by atoms with E-state index < -0.39 is 16.6 Å². The summed E-state index contributed by atoms with van der Waals surface area (Å²) in [5, 5.41) is 13.1. The molecule has 0 atom stereocenters. The van der Waals surface area contributed by atoms with Gasteiger partial charge in [-0.2, -0.15) is 0 Å². The number of amides is 1. The minimum Gasteiger partial charge on any atom is -0.321 e. The smallest absolute Gasteiger partial charge is 0.270 e. The molecule has 0 radical (unpaired) electrons. The molecule has 8 heteroatoms. The lowest BCUT2D eigenvalue weighted by Crippen LogP contribution is -2.14. The molecule has 2 aromatic rings. The topological polar surface area (TPSA) is 72.2 Å². The van der Waals surface area contributed by atoms with E-state index in [2.05, 4.69) is 37.2 Å². The van der Waals surface area contributed by atoms with Crippen molar-refractivity contribution in [3.63, 3.8) is 0 Å². The number of rotatable bonds is 3. The van der Waals surface area contributed by atoms with Crippen molar-refractivity contribution >= 4 is 49.1 Å². The molecule has 0 unspecified atom stereocenters. The molecule has 2 rings (SSSR count). The van der Waals surface area contributed by atoms with Gasteiger partial charge in [-0.05, 0) is 40.2 Å². The van der Waals surface area contributed by atoms with E-state index in [4.69, 9.17) is 0 Å². The van der Waals surface area contributed by atoms with Crippen LogP contribution in [0.2, 0.25) is 0 Å². The first kappa shape index (κ1) is 15.6. The Kier molecular flexibility index (Phi) is 4.69. The number of nitro benzene ring substituents is 1. The number of halogens is 3. The van der Waals surface area contributed by atoms with E-state index in [-0.39, 0.29) is 11.3 Å². The molecule has 0 spiro atoms. The second-order valence-electron chi connectivity index (χ2n) is 4.00. The fraction of sp³-hybridized carbons (Fsp3) is 0. The largest absolute Gasteiger partial charge is 0.321 e. The number of non-ortho nitro benzene ring substituents is 1. The Hall–Kier alpha value is -1.80. The molecular weight excluding hydrogens is 411 g/mol. The van der Waals surface area contributed by atoms with Crippen molar-refractivity contribution in [2.45, 2.75) is 0 Å². The first-order chi connectivity index (χ1) is 9.88. The highest BCUT2D eigenvalue weighted by molar-refractivity contribution is 9.10. The van der Waals surface area contributed by atoms with Crippen LogP contribution in [0.3, 0.4) is 0 Å². The molecule has 0 aromatic heterocycles. The van der Waals surface area contributed by atoms with Crippen LogP contribution < -0.4 is 5.32 Å². The van der Waals surface area contributed by atoms with Crippen molar-refractivity contribution in [1.82, 2.24) is 0 Å². The monoisotopic (exact) mass is 416 g/mol. The fourth-order valence-corrected chi connectivity index (χ4v) is 2.38. The molecule has 0 bridgehead atoms. The summed E-state index contributed by atoms with van der Waals surface area (Å²) in [7, 11) is 0. The van der Waals surface area contributed by atoms with Gasteiger partial charge in [0.05, 0.1) is 16.2 Å². The number of carbonyl (C=O) groups is 1. The maximum Gasteiger partial charge on any atom is 0.270 e. The van der Waals surface area contributed by atoms with Gasteiger partial charge in [0.2, 0.25) is 0 Å². The third-order valence-corrected chi connectivity index (χ3v) is 3.74. The minimum atomic E-state index is -0.667. The van der Waals surface area contributed by atoms with Gasteiger partial charge in [0, 0.05) is 21.1 Å². The Balaban J connectivity index is 2.25. The van der Waals surface area contributed by atoms with Crippen molar-refractivity contribution in [1.29, 1.82) is 0 Å². The summed E-state index contributed by atoms with van der Waals surface area (Å²) < 4.78 is 14.5. The molecule has 0 aliphatic heterocycles. The molecule has 0 saturated carbocycles. The molecule has 2 aromatic carbocycles. The maximum atomic E-state index is 13.7. The van der Waals surface area contributed by atoms with Crippen LogP contribution in [0.1, 0.15) is 10.4 Å². The first-order valence-corrected chi connectivity index (χ1v) is 7.17. The molecule has 5 nitrogen and oxygen atoms in total. The Bertz CT molecular complexity index is 737. The summed E-state index contributed by atoms with van der Waals surface area (Å²) in [5.74, 6) is -1.31. The quantitative estimate of drug-likeness (QED) is 0.589. The Morgan fingerprint density at radius 3 is 2.48 bits per heavy atom. The van der Waals surface area contributed by atoms with Gasteiger partial charge in [-0.15, -0.1) is 0 Å². The number of nitro groups is 1. The van der Waals surface area contributed by atoms with Crippen molar-refractivity contribution in [2.75, 3.05) is 5.32 Å². The van der Waals surface area contributed by atoms with Gasteiger partial charge in [0.15, 0.2) is 0 Å². The van der Waals surface area contributed by atoms with E-state index in [1.807, 2.05) is 0 Å². The number of hydrogen-bond acceptors (Lipinski definition) is 3. The normalized spacial score (nSPS) is 10.2. The highest BCUT2D eigenvalue weighted by atomic mass is 79.9. The summed E-state index contributed by atoms with van der Waals surface area (Å²) in [6.07, 6.45) is 0. The van der Waals surface area contributed by atoms with Gasteiger partial charge in [-0.1, -0.05) is 15.9 Å². The average Bonchev–Trinajstić information content (AvgIpc) is 2.40. The Morgan fingerprint density at radius 1 is 1.19 bits per heavy atom. The van der Waals surface area contributed by atoms with E-state index >= 15 is 0 Å². The third-order valence-electron chi connectivity index (χ3n) is 2.59. The van der Waals surface area contributed by atoms with Gasteiger partial charge in [-0.3, -0.25) is 14.9 Å². The second-order valence-corrected chi connectivity index (χ2v) is 5.77. The van der Waals surface area contributed by atoms with Crippen LogP contribution in [-0.4, -0.2) is 10.8 Å². The summed E-state index contributed by atoms with van der Waals surface area (Å²) in [5.41, 5.74) is 0.0751. The van der Waals surface area contributed by atoms with Crippen molar-refractivity contribution in [3.8, 4) is 0 Å². The molecule has 1 N–H and O–H groups in total. The van der Waals surface area contributed by atoms with Crippen molar-refractivity contribution in [3.05, 3.63) is 66.8 Å². The number of nitrogens with zero attached hydrogens (tertiary/aromatic N) is 1. The highest BCUT2D eigenvalue weighted by Gasteiger charge is 2.15. The zero-order valence-electron chi connectivity index (χ0n) is 10.3.